The number of likely N-dealkylation sites (N-methyl/N-ethyl adjacent to an activating group) is 1. The molecule has 5 N–H and O–H groups in total. The quantitative estimate of drug-likeness (QED) is 0.0483. The van der Waals surface area contributed by atoms with Crippen LogP contribution in [0.1, 0.15) is 126 Å². The van der Waals surface area contributed by atoms with Gasteiger partial charge in [-0.1, -0.05) is 103 Å². The number of carbonyl (C=O) groups is 1. The summed E-state index contributed by atoms with van der Waals surface area (Å²) >= 11 is 0. The van der Waals surface area contributed by atoms with Crippen LogP contribution in [0.25, 0.3) is 5.52 Å². The minimum Gasteiger partial charge on any atom is -0.385 e. The van der Waals surface area contributed by atoms with Crippen molar-refractivity contribution in [3.05, 3.63) is 59.3 Å². The third kappa shape index (κ3) is 11.5. The molecule has 328 valence electrons. The molecule has 60 heavy (non-hydrogen) atoms. The number of aromatic nitrogens is 3. The van der Waals surface area contributed by atoms with Crippen LogP contribution < -0.4 is 5.73 Å². The molecule has 1 aliphatic heterocycles. The van der Waals surface area contributed by atoms with Gasteiger partial charge < -0.3 is 35.2 Å². The van der Waals surface area contributed by atoms with E-state index in [0.29, 0.717) is 12.1 Å². The Balaban J connectivity index is 1.10. The lowest BCUT2D eigenvalue weighted by atomic mass is 9.90. The monoisotopic (exact) mass is 855 g/mol. The number of hydrogen-bond acceptors (Lipinski definition) is 13. The minimum absolute atomic E-state index is 0.0341. The largest absolute Gasteiger partial charge is 0.472 e. The van der Waals surface area contributed by atoms with Gasteiger partial charge in [0.05, 0.1) is 30.5 Å². The van der Waals surface area contributed by atoms with Crippen molar-refractivity contribution < 1.29 is 47.4 Å². The van der Waals surface area contributed by atoms with E-state index in [1.165, 1.54) is 105 Å². The summed E-state index contributed by atoms with van der Waals surface area (Å²) in [6, 6.07) is 10.3. The first-order chi connectivity index (χ1) is 28.8. The zero-order chi connectivity index (χ0) is 43.3. The van der Waals surface area contributed by atoms with E-state index < -0.39 is 61.8 Å². The number of carbonyl (C=O) groups excluding carboxylic acids is 1. The molecule has 0 radical (unpaired) electrons. The van der Waals surface area contributed by atoms with Gasteiger partial charge in [0, 0.05) is 13.6 Å². The number of anilines is 1. The average molecular weight is 856 g/mol. The van der Waals surface area contributed by atoms with Crippen LogP contribution >= 0.6 is 7.82 Å². The third-order valence-electron chi connectivity index (χ3n) is 11.4. The topological polar surface area (TPSA) is 239 Å². The van der Waals surface area contributed by atoms with Gasteiger partial charge in [0.25, 0.3) is 5.91 Å². The van der Waals surface area contributed by atoms with Crippen LogP contribution in [-0.4, -0.2) is 90.7 Å². The standard InChI is InChI=1S/C42H59FN7O9P/c1-3-4-5-6-7-8-9-10-11-12-13-14-15-16-17-18-21-49(2)39(51)34(56-26-31-22-30(25-44)23-32(43)24-31)27-57-60(54,55)59-37-36-42(37,53)40(52)41(28-45,58-36)35-20-19-33-38(46)47-29-48-50(33)35/h19-20,22-24,29,34,36-37,40,52-53H,3-18,21,26-27H2,1-2H3,(H,54,55)(H2,46,47,48)/t34-,36+,37?,40-,41-,42-/m0/s1. The maximum absolute atomic E-state index is 14.2. The van der Waals surface area contributed by atoms with E-state index in [9.17, 15) is 39.4 Å². The molecule has 5 rings (SSSR count). The second-order valence-electron chi connectivity index (χ2n) is 15.9. The minimum atomic E-state index is -5.09. The SMILES string of the molecule is CCCCCCCCCCCCCCCCCCN(C)C(=O)[C@H](COP(=O)(O)OC1[C@H]2O[C@@](C#N)(c3ccc4c(N)ncnn34)[C@H](O)[C@@]12O)OCc1cc(F)cc(C#N)c1. The average Bonchev–Trinajstić information content (AvgIpc) is 3.46. The molecule has 2 aliphatic rings. The van der Waals surface area contributed by atoms with Crippen LogP contribution in [0.4, 0.5) is 10.2 Å². The van der Waals surface area contributed by atoms with E-state index in [1.54, 1.807) is 7.05 Å². The highest BCUT2D eigenvalue weighted by Crippen LogP contribution is 2.63. The molecule has 1 saturated carbocycles. The molecule has 1 amide bonds. The Bertz CT molecular complexity index is 2030. The molecular weight excluding hydrogens is 796 g/mol. The lowest BCUT2D eigenvalue weighted by molar-refractivity contribution is -0.146. The van der Waals surface area contributed by atoms with Crippen molar-refractivity contribution >= 4 is 25.1 Å². The Hall–Kier alpha value is -4.03. The highest BCUT2D eigenvalue weighted by atomic mass is 31.2. The summed E-state index contributed by atoms with van der Waals surface area (Å²) in [5.41, 5.74) is 2.09. The smallest absolute Gasteiger partial charge is 0.385 e. The molecule has 2 unspecified atom stereocenters. The molecule has 18 heteroatoms. The van der Waals surface area contributed by atoms with Crippen molar-refractivity contribution in [2.24, 2.45) is 0 Å². The lowest BCUT2D eigenvalue weighted by Crippen LogP contribution is -2.47. The van der Waals surface area contributed by atoms with Gasteiger partial charge in [-0.15, -0.1) is 0 Å². The van der Waals surface area contributed by atoms with Crippen LogP contribution in [0.2, 0.25) is 0 Å². The molecule has 3 aromatic rings. The van der Waals surface area contributed by atoms with Gasteiger partial charge in [-0.05, 0) is 42.3 Å². The number of amides is 1. The van der Waals surface area contributed by atoms with Crippen LogP contribution in [0.3, 0.4) is 0 Å². The Morgan fingerprint density at radius 2 is 1.65 bits per heavy atom. The molecule has 1 aliphatic carbocycles. The van der Waals surface area contributed by atoms with Gasteiger partial charge in [-0.25, -0.2) is 18.5 Å². The molecule has 7 atom stereocenters. The van der Waals surface area contributed by atoms with Crippen molar-refractivity contribution in [3.8, 4) is 12.1 Å². The number of aliphatic hydroxyl groups is 2. The van der Waals surface area contributed by atoms with Crippen LogP contribution in [0.5, 0.6) is 0 Å². The summed E-state index contributed by atoms with van der Waals surface area (Å²) in [6.07, 6.45) is 14.1. The number of fused-ring (bicyclic) bond motifs is 2. The Kier molecular flexibility index (Phi) is 17.0. The first-order valence-corrected chi connectivity index (χ1v) is 22.6. The van der Waals surface area contributed by atoms with Gasteiger partial charge in [0.1, 0.15) is 42.0 Å². The highest BCUT2D eigenvalue weighted by molar-refractivity contribution is 7.47. The normalized spacial score (nSPS) is 23.4. The number of nitrogens with two attached hydrogens (primary N) is 1. The predicted molar refractivity (Wildman–Crippen MR) is 218 cm³/mol. The van der Waals surface area contributed by atoms with E-state index >= 15 is 0 Å². The number of phosphoric acid groups is 1. The number of nitriles is 2. The van der Waals surface area contributed by atoms with Crippen LogP contribution in [0.15, 0.2) is 36.7 Å². The summed E-state index contributed by atoms with van der Waals surface area (Å²) in [4.78, 5) is 29.7. The number of halogens is 1. The van der Waals surface area contributed by atoms with Crippen molar-refractivity contribution in [3.63, 3.8) is 0 Å². The number of phosphoric ester groups is 1. The number of unbranched alkanes of at least 4 members (excludes halogenated alkanes) is 15. The summed E-state index contributed by atoms with van der Waals surface area (Å²) < 4.78 is 50.7. The van der Waals surface area contributed by atoms with Gasteiger partial charge >= 0.3 is 7.82 Å². The zero-order valence-corrected chi connectivity index (χ0v) is 35.5. The summed E-state index contributed by atoms with van der Waals surface area (Å²) in [6.45, 7) is 1.51. The van der Waals surface area contributed by atoms with E-state index in [2.05, 4.69) is 17.0 Å². The first kappa shape index (κ1) is 47.0. The van der Waals surface area contributed by atoms with Crippen LogP contribution in [0, 0.1) is 28.5 Å². The summed E-state index contributed by atoms with van der Waals surface area (Å²) in [5.74, 6) is -1.16. The summed E-state index contributed by atoms with van der Waals surface area (Å²) in [5, 5.41) is 46.1. The van der Waals surface area contributed by atoms with Gasteiger partial charge in [0.15, 0.2) is 17.5 Å². The number of nitrogen functional groups attached to an aromatic ring is 1. The van der Waals surface area contributed by atoms with E-state index in [4.69, 9.17) is 24.3 Å². The molecule has 1 aromatic carbocycles. The number of ether oxygens (including phenoxy) is 2. The van der Waals surface area contributed by atoms with E-state index in [-0.39, 0.29) is 29.2 Å². The van der Waals surface area contributed by atoms with Gasteiger partial charge in [-0.3, -0.25) is 13.8 Å². The number of aliphatic hydroxyl groups excluding tert-OH is 1. The lowest BCUT2D eigenvalue weighted by Gasteiger charge is -2.30. The fourth-order valence-electron chi connectivity index (χ4n) is 7.88. The number of hydrogen-bond donors (Lipinski definition) is 4. The van der Waals surface area contributed by atoms with Gasteiger partial charge in [0.2, 0.25) is 5.60 Å². The third-order valence-corrected chi connectivity index (χ3v) is 12.4. The molecule has 2 fully saturated rings. The van der Waals surface area contributed by atoms with Gasteiger partial charge in [-0.2, -0.15) is 15.6 Å². The van der Waals surface area contributed by atoms with Crippen molar-refractivity contribution in [1.29, 1.82) is 10.5 Å². The second kappa shape index (κ2) is 21.7. The van der Waals surface area contributed by atoms with E-state index in [0.717, 1.165) is 44.1 Å². The molecule has 2 aromatic heterocycles. The molecule has 0 spiro atoms. The second-order valence-corrected chi connectivity index (χ2v) is 17.4. The molecule has 16 nitrogen and oxygen atoms in total. The van der Waals surface area contributed by atoms with Crippen molar-refractivity contribution in [2.75, 3.05) is 25.9 Å². The number of benzene rings is 1. The van der Waals surface area contributed by atoms with Crippen molar-refractivity contribution in [2.45, 2.75) is 152 Å². The highest BCUT2D eigenvalue weighted by Gasteiger charge is 2.83. The van der Waals surface area contributed by atoms with Crippen molar-refractivity contribution in [1.82, 2.24) is 19.5 Å². The Labute approximate surface area is 351 Å². The maximum atomic E-state index is 14.2. The first-order valence-electron chi connectivity index (χ1n) is 21.1. The van der Waals surface area contributed by atoms with Crippen LogP contribution in [-0.2, 0) is 40.1 Å². The molecule has 0 bridgehead atoms. The summed E-state index contributed by atoms with van der Waals surface area (Å²) in [7, 11) is -3.52. The predicted octanol–water partition coefficient (Wildman–Crippen LogP) is 6.35. The molecule has 3 heterocycles. The number of rotatable bonds is 27. The van der Waals surface area contributed by atoms with E-state index in [1.807, 2.05) is 12.1 Å². The fraction of sp³-hybridized carbons (Fsp3) is 0.643. The number of nitrogens with zero attached hydrogens (tertiary/aromatic N) is 6. The molecular formula is C42H59FN7O9P. The Morgan fingerprint density at radius 3 is 2.22 bits per heavy atom. The molecule has 1 saturated heterocycles. The zero-order valence-electron chi connectivity index (χ0n) is 34.6. The Morgan fingerprint density at radius 1 is 1.03 bits per heavy atom. The maximum Gasteiger partial charge on any atom is 0.472 e. The fourth-order valence-corrected chi connectivity index (χ4v) is 8.83.